The number of rotatable bonds is 6. The summed E-state index contributed by atoms with van der Waals surface area (Å²) in [7, 11) is 0. The van der Waals surface area contributed by atoms with Crippen LogP contribution in [-0.4, -0.2) is 35.2 Å². The van der Waals surface area contributed by atoms with Crippen molar-refractivity contribution >= 4 is 46.6 Å². The first-order valence-corrected chi connectivity index (χ1v) is 9.53. The van der Waals surface area contributed by atoms with Gasteiger partial charge in [0.2, 0.25) is 5.95 Å². The van der Waals surface area contributed by atoms with E-state index >= 15 is 0 Å². The second-order valence-electron chi connectivity index (χ2n) is 6.71. The summed E-state index contributed by atoms with van der Waals surface area (Å²) >= 11 is 0. The molecule has 0 spiro atoms. The molecule has 5 N–H and O–H groups in total. The summed E-state index contributed by atoms with van der Waals surface area (Å²) in [6.45, 7) is 2.20. The molecule has 0 radical (unpaired) electrons. The summed E-state index contributed by atoms with van der Waals surface area (Å²) in [6.07, 6.45) is 2.21. The number of aromatic nitrogens is 2. The van der Waals surface area contributed by atoms with Crippen molar-refractivity contribution in [3.63, 3.8) is 0 Å². The van der Waals surface area contributed by atoms with Crippen LogP contribution in [0.2, 0.25) is 0 Å². The van der Waals surface area contributed by atoms with E-state index in [0.717, 1.165) is 12.4 Å². The van der Waals surface area contributed by atoms with Crippen LogP contribution in [-0.2, 0) is 4.79 Å². The van der Waals surface area contributed by atoms with Crippen LogP contribution in [0.1, 0.15) is 12.5 Å². The van der Waals surface area contributed by atoms with E-state index in [2.05, 4.69) is 20.6 Å². The average molecular weight is 421 g/mol. The zero-order valence-corrected chi connectivity index (χ0v) is 16.6. The number of halogens is 1. The van der Waals surface area contributed by atoms with Crippen LogP contribution in [0.4, 0.5) is 38.9 Å². The predicted octanol–water partition coefficient (Wildman–Crippen LogP) is 3.43. The fraction of sp³-hybridized carbons (Fsp3) is 0.143. The number of hydrogen-bond acceptors (Lipinski definition) is 8. The molecule has 0 atom stereocenters. The molecule has 1 aliphatic rings. The van der Waals surface area contributed by atoms with E-state index < -0.39 is 5.82 Å². The quantitative estimate of drug-likeness (QED) is 0.354. The van der Waals surface area contributed by atoms with Crippen LogP contribution in [0, 0.1) is 11.2 Å². The van der Waals surface area contributed by atoms with Crippen molar-refractivity contribution in [1.82, 2.24) is 9.97 Å². The van der Waals surface area contributed by atoms with Gasteiger partial charge in [0.05, 0.1) is 17.6 Å². The van der Waals surface area contributed by atoms with Crippen molar-refractivity contribution in [2.45, 2.75) is 6.92 Å². The number of anilines is 6. The molecule has 1 aromatic heterocycles. The number of hydrogen-bond donors (Lipinski definition) is 4. The van der Waals surface area contributed by atoms with Crippen LogP contribution >= 0.6 is 0 Å². The minimum atomic E-state index is -0.614. The van der Waals surface area contributed by atoms with Crippen molar-refractivity contribution in [1.29, 1.82) is 5.41 Å². The smallest absolute Gasteiger partial charge is 0.262 e. The van der Waals surface area contributed by atoms with Crippen molar-refractivity contribution in [2.75, 3.05) is 34.4 Å². The number of carbonyl (C=O) groups is 1. The Balaban J connectivity index is 1.67. The number of nitrogen functional groups attached to an aromatic ring is 1. The molecule has 1 amide bonds. The van der Waals surface area contributed by atoms with Crippen LogP contribution in [0.5, 0.6) is 5.75 Å². The molecule has 0 fully saturated rings. The number of carbonyl (C=O) groups excluding carboxylic acids is 1. The molecule has 0 saturated heterocycles. The van der Waals surface area contributed by atoms with Gasteiger partial charge in [-0.1, -0.05) is 6.07 Å². The molecule has 10 heteroatoms. The number of amides is 1. The summed E-state index contributed by atoms with van der Waals surface area (Å²) < 4.78 is 20.0. The first kappa shape index (κ1) is 20.1. The van der Waals surface area contributed by atoms with Crippen LogP contribution in [0.3, 0.4) is 0 Å². The highest BCUT2D eigenvalue weighted by Crippen LogP contribution is 2.33. The van der Waals surface area contributed by atoms with Gasteiger partial charge in [0, 0.05) is 29.7 Å². The van der Waals surface area contributed by atoms with Crippen molar-refractivity contribution in [3.05, 3.63) is 54.0 Å². The van der Waals surface area contributed by atoms with Gasteiger partial charge in [-0.2, -0.15) is 4.98 Å². The van der Waals surface area contributed by atoms with Gasteiger partial charge in [-0.15, -0.1) is 0 Å². The molecule has 0 aliphatic carbocycles. The number of benzene rings is 2. The van der Waals surface area contributed by atoms with E-state index in [-0.39, 0.29) is 24.3 Å². The normalized spacial score (nSPS) is 12.4. The average Bonchev–Trinajstić information content (AvgIpc) is 2.76. The van der Waals surface area contributed by atoms with Crippen molar-refractivity contribution in [2.24, 2.45) is 0 Å². The lowest BCUT2D eigenvalue weighted by molar-refractivity contribution is -0.118. The van der Waals surface area contributed by atoms with E-state index in [0.29, 0.717) is 40.6 Å². The third-order valence-electron chi connectivity index (χ3n) is 4.72. The second-order valence-corrected chi connectivity index (χ2v) is 6.71. The van der Waals surface area contributed by atoms with E-state index in [1.165, 1.54) is 0 Å². The number of nitrogens with zero attached hydrogens (tertiary/aromatic N) is 3. The topological polar surface area (TPSA) is 129 Å². The molecule has 2 heterocycles. The van der Waals surface area contributed by atoms with E-state index in [4.69, 9.17) is 15.9 Å². The molecule has 3 aromatic rings. The number of nitrogens with two attached hydrogens (primary N) is 1. The third kappa shape index (κ3) is 3.95. The highest BCUT2D eigenvalue weighted by atomic mass is 19.1. The van der Waals surface area contributed by atoms with Crippen molar-refractivity contribution in [3.8, 4) is 5.75 Å². The second kappa shape index (κ2) is 8.27. The van der Waals surface area contributed by atoms with Gasteiger partial charge >= 0.3 is 0 Å². The van der Waals surface area contributed by atoms with E-state index in [1.54, 1.807) is 41.3 Å². The Kier molecular flexibility index (Phi) is 5.35. The summed E-state index contributed by atoms with van der Waals surface area (Å²) in [6, 6.07) is 10.3. The third-order valence-corrected chi connectivity index (χ3v) is 4.72. The highest BCUT2D eigenvalue weighted by Gasteiger charge is 2.20. The monoisotopic (exact) mass is 421 g/mol. The Morgan fingerprint density at radius 1 is 1.39 bits per heavy atom. The molecule has 1 aliphatic heterocycles. The van der Waals surface area contributed by atoms with Gasteiger partial charge in [-0.25, -0.2) is 9.37 Å². The lowest BCUT2D eigenvalue weighted by atomic mass is 10.1. The Morgan fingerprint density at radius 2 is 2.23 bits per heavy atom. The summed E-state index contributed by atoms with van der Waals surface area (Å²) in [5.41, 5.74) is 8.55. The van der Waals surface area contributed by atoms with Gasteiger partial charge in [0.1, 0.15) is 5.75 Å². The zero-order chi connectivity index (χ0) is 22.0. The molecule has 158 valence electrons. The number of fused-ring (bicyclic) bond motifs is 1. The standard InChI is InChI=1S/C21H20FN7O2/c1-2-29(17-5-3-4-15(24)13(17)9-23)20-14(22)10-25-21(28-20)26-12-6-7-18-16(8-12)27-19(30)11-31-18/h3-10,23H,2,11,24H2,1H3,(H,27,30)(H,25,26,28). The van der Waals surface area contributed by atoms with Crippen LogP contribution in [0.15, 0.2) is 42.6 Å². The SMILES string of the molecule is CCN(c1cccc(N)c1C=N)c1nc(Nc2ccc3c(c2)NC(=O)CO3)ncc1F. The molecule has 0 bridgehead atoms. The van der Waals surface area contributed by atoms with Crippen molar-refractivity contribution < 1.29 is 13.9 Å². The lowest BCUT2D eigenvalue weighted by Gasteiger charge is -2.25. The molecule has 31 heavy (non-hydrogen) atoms. The summed E-state index contributed by atoms with van der Waals surface area (Å²) in [4.78, 5) is 21.5. The minimum absolute atomic E-state index is 0.0290. The fourth-order valence-electron chi connectivity index (χ4n) is 3.29. The molecule has 9 nitrogen and oxygen atoms in total. The predicted molar refractivity (Wildman–Crippen MR) is 117 cm³/mol. The Bertz CT molecular complexity index is 1170. The van der Waals surface area contributed by atoms with Crippen LogP contribution < -0.4 is 26.0 Å². The summed E-state index contributed by atoms with van der Waals surface area (Å²) in [5, 5.41) is 13.4. The minimum Gasteiger partial charge on any atom is -0.482 e. The zero-order valence-electron chi connectivity index (χ0n) is 16.6. The van der Waals surface area contributed by atoms with Gasteiger partial charge < -0.3 is 31.4 Å². The number of nitrogens with one attached hydrogen (secondary N) is 3. The first-order chi connectivity index (χ1) is 15.0. The molecular weight excluding hydrogens is 401 g/mol. The maximum absolute atomic E-state index is 14.7. The van der Waals surface area contributed by atoms with E-state index in [1.807, 2.05) is 6.92 Å². The molecule has 0 saturated carbocycles. The van der Waals surface area contributed by atoms with Gasteiger partial charge in [0.15, 0.2) is 18.2 Å². The molecule has 2 aromatic carbocycles. The number of ether oxygens (including phenoxy) is 1. The highest BCUT2D eigenvalue weighted by molar-refractivity contribution is 5.96. The Hall–Kier alpha value is -4.21. The van der Waals surface area contributed by atoms with Crippen LogP contribution in [0.25, 0.3) is 0 Å². The van der Waals surface area contributed by atoms with Gasteiger partial charge in [-0.3, -0.25) is 4.79 Å². The van der Waals surface area contributed by atoms with Gasteiger partial charge in [0.25, 0.3) is 5.91 Å². The maximum Gasteiger partial charge on any atom is 0.262 e. The fourth-order valence-corrected chi connectivity index (χ4v) is 3.29. The largest absolute Gasteiger partial charge is 0.482 e. The Labute approximate surface area is 177 Å². The molecule has 4 rings (SSSR count). The lowest BCUT2D eigenvalue weighted by Crippen LogP contribution is -2.25. The maximum atomic E-state index is 14.7. The Morgan fingerprint density at radius 3 is 3.00 bits per heavy atom. The first-order valence-electron chi connectivity index (χ1n) is 9.53. The summed E-state index contributed by atoms with van der Waals surface area (Å²) in [5.74, 6) is -0.0881. The molecular formula is C21H20FN7O2. The van der Waals surface area contributed by atoms with Gasteiger partial charge in [-0.05, 0) is 37.3 Å². The van der Waals surface area contributed by atoms with E-state index in [9.17, 15) is 9.18 Å². The molecule has 0 unspecified atom stereocenters.